The van der Waals surface area contributed by atoms with Crippen molar-refractivity contribution in [2.45, 2.75) is 70.7 Å². The van der Waals surface area contributed by atoms with Crippen LogP contribution in [0.25, 0.3) is 0 Å². The fourth-order valence-electron chi connectivity index (χ4n) is 7.00. The molecule has 1 aromatic carbocycles. The van der Waals surface area contributed by atoms with E-state index in [1.165, 1.54) is 4.90 Å². The maximum absolute atomic E-state index is 14.6. The molecule has 0 bridgehead atoms. The van der Waals surface area contributed by atoms with Crippen LogP contribution in [0.5, 0.6) is 0 Å². The summed E-state index contributed by atoms with van der Waals surface area (Å²) < 4.78 is 12.3. The van der Waals surface area contributed by atoms with Crippen LogP contribution in [-0.2, 0) is 23.9 Å². The van der Waals surface area contributed by atoms with Gasteiger partial charge in [-0.05, 0) is 63.3 Å². The summed E-state index contributed by atoms with van der Waals surface area (Å²) in [7, 11) is 0. The van der Waals surface area contributed by atoms with Crippen LogP contribution in [0.15, 0.2) is 48.6 Å². The monoisotopic (exact) mass is 565 g/mol. The van der Waals surface area contributed by atoms with Gasteiger partial charge in [-0.1, -0.05) is 38.2 Å². The molecule has 4 aliphatic rings. The topological polar surface area (TPSA) is 99.6 Å². The number of aliphatic hydroxyl groups is 1. The van der Waals surface area contributed by atoms with Crippen molar-refractivity contribution < 1.29 is 29.0 Å². The Morgan fingerprint density at radius 2 is 1.78 bits per heavy atom. The van der Waals surface area contributed by atoms with Gasteiger partial charge in [-0.15, -0.1) is 0 Å². The molecule has 5 rings (SSSR count). The molecule has 4 aliphatic heterocycles. The molecule has 9 nitrogen and oxygen atoms in total. The molecule has 2 saturated heterocycles. The van der Waals surface area contributed by atoms with Crippen LogP contribution < -0.4 is 9.80 Å². The molecule has 9 heteroatoms. The number of likely N-dealkylation sites (tertiary alicyclic amines) is 1. The Balaban J connectivity index is 1.59. The predicted molar refractivity (Wildman–Crippen MR) is 156 cm³/mol. The molecule has 1 unspecified atom stereocenters. The second-order valence-corrected chi connectivity index (χ2v) is 11.7. The van der Waals surface area contributed by atoms with Crippen molar-refractivity contribution >= 4 is 29.2 Å². The number of rotatable bonds is 7. The number of esters is 1. The third-order valence-electron chi connectivity index (χ3n) is 9.14. The molecule has 0 radical (unpaired) electrons. The van der Waals surface area contributed by atoms with E-state index in [9.17, 15) is 19.5 Å². The number of carbonyl (C=O) groups is 3. The third kappa shape index (κ3) is 4.97. The van der Waals surface area contributed by atoms with E-state index < -0.39 is 41.6 Å². The number of allylic oxidation sites excluding steroid dienone is 1. The normalized spacial score (nSPS) is 31.3. The molecule has 41 heavy (non-hydrogen) atoms. The minimum absolute atomic E-state index is 0.131. The van der Waals surface area contributed by atoms with E-state index in [0.717, 1.165) is 38.0 Å². The van der Waals surface area contributed by atoms with Crippen LogP contribution in [0, 0.1) is 17.8 Å². The second kappa shape index (κ2) is 12.0. The first-order valence-corrected chi connectivity index (χ1v) is 15.1. The maximum atomic E-state index is 14.6. The lowest BCUT2D eigenvalue weighted by atomic mass is 9.78. The number of ether oxygens (including phenoxy) is 2. The zero-order valence-electron chi connectivity index (χ0n) is 24.6. The van der Waals surface area contributed by atoms with E-state index in [-0.39, 0.29) is 30.9 Å². The molecule has 1 aromatic rings. The van der Waals surface area contributed by atoms with Crippen molar-refractivity contribution in [3.8, 4) is 0 Å². The fourth-order valence-corrected chi connectivity index (χ4v) is 7.00. The summed E-state index contributed by atoms with van der Waals surface area (Å²) in [5.41, 5.74) is 0.419. The molecule has 2 fully saturated rings. The van der Waals surface area contributed by atoms with Gasteiger partial charge in [-0.2, -0.15) is 0 Å². The van der Waals surface area contributed by atoms with Gasteiger partial charge >= 0.3 is 5.97 Å². The summed E-state index contributed by atoms with van der Waals surface area (Å²) >= 11 is 0. The number of carbonyl (C=O) groups excluding carboxylic acids is 3. The number of benzene rings is 1. The standard InChI is InChI=1S/C32H43N3O6/c1-5-33(6-2)22-13-15-23(16-14-22)34-18-11-17-32-27(26-25(41-32)12-9-7-8-10-19-40-31(26)39)29(37)35(28(32)30(34)38)24(20-36)21(3)4/h9,11-17,21,24-28,36H,5-8,10,18-20H2,1-4H3/b12-9-/t24-,25-,26+,27-,28?,32-/m0/s1. The highest BCUT2D eigenvalue weighted by Crippen LogP contribution is 2.54. The molecule has 4 heterocycles. The number of hydrogen-bond acceptors (Lipinski definition) is 7. The minimum Gasteiger partial charge on any atom is -0.465 e. The number of fused-ring (bicyclic) bond motifs is 2. The van der Waals surface area contributed by atoms with Crippen molar-refractivity contribution in [3.05, 3.63) is 48.6 Å². The Morgan fingerprint density at radius 3 is 2.44 bits per heavy atom. The zero-order valence-corrected chi connectivity index (χ0v) is 24.6. The Kier molecular flexibility index (Phi) is 8.57. The first-order valence-electron chi connectivity index (χ1n) is 15.1. The van der Waals surface area contributed by atoms with Crippen LogP contribution in [-0.4, -0.2) is 84.4 Å². The predicted octanol–water partition coefficient (Wildman–Crippen LogP) is 3.32. The van der Waals surface area contributed by atoms with Crippen molar-refractivity contribution in [1.82, 2.24) is 4.90 Å². The third-order valence-corrected chi connectivity index (χ3v) is 9.14. The molecule has 0 aromatic heterocycles. The van der Waals surface area contributed by atoms with Gasteiger partial charge in [0.25, 0.3) is 5.91 Å². The highest BCUT2D eigenvalue weighted by Gasteiger charge is 2.72. The van der Waals surface area contributed by atoms with Crippen molar-refractivity contribution in [2.75, 3.05) is 42.6 Å². The molecular formula is C32H43N3O6. The molecule has 1 N–H and O–H groups in total. The van der Waals surface area contributed by atoms with Gasteiger partial charge in [-0.3, -0.25) is 14.4 Å². The summed E-state index contributed by atoms with van der Waals surface area (Å²) in [5, 5.41) is 10.4. The van der Waals surface area contributed by atoms with E-state index >= 15 is 0 Å². The summed E-state index contributed by atoms with van der Waals surface area (Å²) in [6, 6.07) is 6.21. The minimum atomic E-state index is -1.36. The van der Waals surface area contributed by atoms with Gasteiger partial charge in [-0.25, -0.2) is 0 Å². The zero-order chi connectivity index (χ0) is 29.3. The first-order chi connectivity index (χ1) is 19.8. The van der Waals surface area contributed by atoms with Gasteiger partial charge in [0, 0.05) is 31.0 Å². The molecule has 1 spiro atoms. The van der Waals surface area contributed by atoms with E-state index in [1.807, 2.05) is 62.4 Å². The molecule has 2 amide bonds. The highest BCUT2D eigenvalue weighted by molar-refractivity contribution is 6.05. The van der Waals surface area contributed by atoms with Gasteiger partial charge in [0.1, 0.15) is 17.6 Å². The van der Waals surface area contributed by atoms with Gasteiger partial charge in [0.15, 0.2) is 0 Å². The Morgan fingerprint density at radius 1 is 1.05 bits per heavy atom. The van der Waals surface area contributed by atoms with Crippen LogP contribution in [0.3, 0.4) is 0 Å². The van der Waals surface area contributed by atoms with Gasteiger partial charge in [0.2, 0.25) is 5.91 Å². The first kappa shape index (κ1) is 29.3. The van der Waals surface area contributed by atoms with Crippen LogP contribution in [0.1, 0.15) is 47.0 Å². The number of aliphatic hydroxyl groups excluding tert-OH is 1. The van der Waals surface area contributed by atoms with E-state index in [2.05, 4.69) is 18.7 Å². The van der Waals surface area contributed by atoms with Crippen LogP contribution >= 0.6 is 0 Å². The highest BCUT2D eigenvalue weighted by atomic mass is 16.6. The van der Waals surface area contributed by atoms with Crippen molar-refractivity contribution in [3.63, 3.8) is 0 Å². The van der Waals surface area contributed by atoms with Crippen molar-refractivity contribution in [2.24, 2.45) is 17.8 Å². The average Bonchev–Trinajstić information content (AvgIpc) is 3.35. The SMILES string of the molecule is CCN(CC)c1ccc(N2CC=C[C@]34O[C@H]5/C=C\CCCCOC(=O)[C@H]5[C@H]3C(=O)N([C@@H](CO)C(C)C)C4C2=O)cc1. The van der Waals surface area contributed by atoms with E-state index in [1.54, 1.807) is 4.90 Å². The van der Waals surface area contributed by atoms with Crippen LogP contribution in [0.2, 0.25) is 0 Å². The summed E-state index contributed by atoms with van der Waals surface area (Å²) in [5.74, 6) is -3.07. The lowest BCUT2D eigenvalue weighted by Gasteiger charge is -2.39. The van der Waals surface area contributed by atoms with Crippen molar-refractivity contribution in [1.29, 1.82) is 0 Å². The van der Waals surface area contributed by atoms with E-state index in [0.29, 0.717) is 12.2 Å². The number of cyclic esters (lactones) is 1. The van der Waals surface area contributed by atoms with E-state index in [4.69, 9.17) is 9.47 Å². The fraction of sp³-hybridized carbons (Fsp3) is 0.594. The number of nitrogens with zero attached hydrogens (tertiary/aromatic N) is 3. The number of anilines is 2. The van der Waals surface area contributed by atoms with Crippen LogP contribution in [0.4, 0.5) is 11.4 Å². The second-order valence-electron chi connectivity index (χ2n) is 11.7. The number of hydrogen-bond donors (Lipinski definition) is 1. The number of amides is 2. The quantitative estimate of drug-likeness (QED) is 0.400. The molecule has 222 valence electrons. The largest absolute Gasteiger partial charge is 0.465 e. The molecule has 6 atom stereocenters. The molecule has 0 aliphatic carbocycles. The summed E-state index contributed by atoms with van der Waals surface area (Å²) in [6.07, 6.45) is 9.31. The molecular weight excluding hydrogens is 522 g/mol. The summed E-state index contributed by atoms with van der Waals surface area (Å²) in [4.78, 5) is 47.9. The smallest absolute Gasteiger partial charge is 0.312 e. The lowest BCUT2D eigenvalue weighted by Crippen LogP contribution is -2.59. The maximum Gasteiger partial charge on any atom is 0.312 e. The van der Waals surface area contributed by atoms with Gasteiger partial charge in [0.05, 0.1) is 31.3 Å². The Bertz CT molecular complexity index is 1190. The Hall–Kier alpha value is -3.17. The Labute approximate surface area is 242 Å². The van der Waals surface area contributed by atoms with Gasteiger partial charge < -0.3 is 29.3 Å². The average molecular weight is 566 g/mol. The molecule has 0 saturated carbocycles. The summed E-state index contributed by atoms with van der Waals surface area (Å²) in [6.45, 7) is 10.1. The lowest BCUT2D eigenvalue weighted by molar-refractivity contribution is -0.155.